The number of benzene rings is 1. The Kier molecular flexibility index (Phi) is 5.51. The lowest BCUT2D eigenvalue weighted by Gasteiger charge is -2.22. The minimum Gasteiger partial charge on any atom is -0.496 e. The van der Waals surface area contributed by atoms with Gasteiger partial charge in [0.1, 0.15) is 5.75 Å². The zero-order valence-electron chi connectivity index (χ0n) is 10.8. The number of para-hydroxylation sites is 1. The molecule has 0 amide bonds. The largest absolute Gasteiger partial charge is 0.496 e. The molecule has 0 aliphatic carbocycles. The van der Waals surface area contributed by atoms with Crippen molar-refractivity contribution in [1.82, 2.24) is 4.90 Å². The highest BCUT2D eigenvalue weighted by Crippen LogP contribution is 2.26. The van der Waals surface area contributed by atoms with Crippen LogP contribution in [-0.2, 0) is 0 Å². The van der Waals surface area contributed by atoms with Gasteiger partial charge in [0.15, 0.2) is 0 Å². The molecule has 0 aromatic heterocycles. The highest BCUT2D eigenvalue weighted by atomic mass is 16.5. The summed E-state index contributed by atoms with van der Waals surface area (Å²) in [5.74, 6) is 0.664. The first-order chi connectivity index (χ1) is 8.26. The van der Waals surface area contributed by atoms with Gasteiger partial charge in [-0.25, -0.2) is 0 Å². The third kappa shape index (κ3) is 3.47. The van der Waals surface area contributed by atoms with Crippen LogP contribution in [0.4, 0.5) is 0 Å². The molecule has 3 nitrogen and oxygen atoms in total. The molecule has 0 aliphatic rings. The molecule has 3 heteroatoms. The van der Waals surface area contributed by atoms with Crippen molar-refractivity contribution in [1.29, 1.82) is 5.26 Å². The maximum Gasteiger partial charge on any atom is 0.123 e. The second kappa shape index (κ2) is 6.93. The van der Waals surface area contributed by atoms with E-state index in [1.54, 1.807) is 7.11 Å². The minimum absolute atomic E-state index is 0.133. The summed E-state index contributed by atoms with van der Waals surface area (Å²) in [6.07, 6.45) is 0. The summed E-state index contributed by atoms with van der Waals surface area (Å²) < 4.78 is 5.31. The predicted octanol–water partition coefficient (Wildman–Crippen LogP) is 2.64. The summed E-state index contributed by atoms with van der Waals surface area (Å²) in [5, 5.41) is 9.31. The van der Waals surface area contributed by atoms with Crippen LogP contribution in [0, 0.1) is 11.3 Å². The number of hydrogen-bond donors (Lipinski definition) is 0. The van der Waals surface area contributed by atoms with E-state index in [1.165, 1.54) is 0 Å². The average molecular weight is 232 g/mol. The Balaban J connectivity index is 2.90. The van der Waals surface area contributed by atoms with Gasteiger partial charge in [-0.05, 0) is 19.2 Å². The summed E-state index contributed by atoms with van der Waals surface area (Å²) in [6.45, 7) is 6.90. The van der Waals surface area contributed by atoms with E-state index in [1.807, 2.05) is 24.3 Å². The monoisotopic (exact) mass is 232 g/mol. The second-order valence-electron chi connectivity index (χ2n) is 3.91. The van der Waals surface area contributed by atoms with E-state index < -0.39 is 0 Å². The smallest absolute Gasteiger partial charge is 0.123 e. The summed E-state index contributed by atoms with van der Waals surface area (Å²) in [4.78, 5) is 2.25. The molecular weight excluding hydrogens is 212 g/mol. The Labute approximate surface area is 104 Å². The van der Waals surface area contributed by atoms with Gasteiger partial charge in [-0.1, -0.05) is 32.0 Å². The van der Waals surface area contributed by atoms with Crippen LogP contribution < -0.4 is 4.74 Å². The van der Waals surface area contributed by atoms with Gasteiger partial charge in [0, 0.05) is 12.1 Å². The number of rotatable bonds is 6. The average Bonchev–Trinajstić information content (AvgIpc) is 2.40. The summed E-state index contributed by atoms with van der Waals surface area (Å²) in [6, 6.07) is 10.1. The first kappa shape index (κ1) is 13.5. The molecule has 0 saturated carbocycles. The van der Waals surface area contributed by atoms with Gasteiger partial charge in [0.2, 0.25) is 0 Å². The number of nitriles is 1. The van der Waals surface area contributed by atoms with Crippen molar-refractivity contribution in [3.63, 3.8) is 0 Å². The third-order valence-corrected chi connectivity index (χ3v) is 3.01. The maximum absolute atomic E-state index is 9.31. The number of nitrogens with zero attached hydrogens (tertiary/aromatic N) is 2. The fourth-order valence-electron chi connectivity index (χ4n) is 1.90. The summed E-state index contributed by atoms with van der Waals surface area (Å²) in [5.41, 5.74) is 0.976. The van der Waals surface area contributed by atoms with Crippen molar-refractivity contribution in [3.05, 3.63) is 29.8 Å². The van der Waals surface area contributed by atoms with Crippen LogP contribution in [0.5, 0.6) is 5.75 Å². The molecule has 0 aliphatic heterocycles. The van der Waals surface area contributed by atoms with Crippen LogP contribution in [0.2, 0.25) is 0 Å². The molecule has 92 valence electrons. The first-order valence-corrected chi connectivity index (χ1v) is 6.01. The lowest BCUT2D eigenvalue weighted by atomic mass is 9.99. The third-order valence-electron chi connectivity index (χ3n) is 3.01. The van der Waals surface area contributed by atoms with Crippen LogP contribution in [0.15, 0.2) is 24.3 Å². The predicted molar refractivity (Wildman–Crippen MR) is 69.1 cm³/mol. The molecule has 1 atom stereocenters. The SMILES string of the molecule is CCN(CC)CC(C#N)c1ccccc1OC. The van der Waals surface area contributed by atoms with Gasteiger partial charge < -0.3 is 9.64 Å². The van der Waals surface area contributed by atoms with Crippen LogP contribution in [0.1, 0.15) is 25.3 Å². The van der Waals surface area contributed by atoms with E-state index in [-0.39, 0.29) is 5.92 Å². The van der Waals surface area contributed by atoms with E-state index >= 15 is 0 Å². The normalized spacial score (nSPS) is 12.2. The van der Waals surface area contributed by atoms with Crippen molar-refractivity contribution in [2.45, 2.75) is 19.8 Å². The Morgan fingerprint density at radius 3 is 2.47 bits per heavy atom. The van der Waals surface area contributed by atoms with Gasteiger partial charge >= 0.3 is 0 Å². The maximum atomic E-state index is 9.31. The molecule has 0 N–H and O–H groups in total. The Hall–Kier alpha value is -1.53. The Morgan fingerprint density at radius 1 is 1.29 bits per heavy atom. The highest BCUT2D eigenvalue weighted by molar-refractivity contribution is 5.39. The Bertz CT molecular complexity index is 380. The molecule has 1 unspecified atom stereocenters. The second-order valence-corrected chi connectivity index (χ2v) is 3.91. The van der Waals surface area contributed by atoms with Crippen LogP contribution in [0.25, 0.3) is 0 Å². The van der Waals surface area contributed by atoms with Crippen molar-refractivity contribution in [3.8, 4) is 11.8 Å². The minimum atomic E-state index is -0.133. The van der Waals surface area contributed by atoms with E-state index in [9.17, 15) is 5.26 Å². The zero-order chi connectivity index (χ0) is 12.7. The van der Waals surface area contributed by atoms with Crippen LogP contribution in [-0.4, -0.2) is 31.6 Å². The van der Waals surface area contributed by atoms with E-state index in [2.05, 4.69) is 24.8 Å². The van der Waals surface area contributed by atoms with Gasteiger partial charge in [-0.2, -0.15) is 5.26 Å². The summed E-state index contributed by atoms with van der Waals surface area (Å²) >= 11 is 0. The van der Waals surface area contributed by atoms with Crippen molar-refractivity contribution in [2.24, 2.45) is 0 Å². The van der Waals surface area contributed by atoms with Crippen molar-refractivity contribution in [2.75, 3.05) is 26.7 Å². The standard InChI is InChI=1S/C14H20N2O/c1-4-16(5-2)11-12(10-15)13-8-6-7-9-14(13)17-3/h6-9,12H,4-5,11H2,1-3H3. The molecule has 1 aromatic carbocycles. The molecule has 0 spiro atoms. The van der Waals surface area contributed by atoms with Gasteiger partial charge in [0.25, 0.3) is 0 Å². The molecule has 0 saturated heterocycles. The van der Waals surface area contributed by atoms with Gasteiger partial charge in [-0.15, -0.1) is 0 Å². The van der Waals surface area contributed by atoms with Gasteiger partial charge in [0.05, 0.1) is 19.1 Å². The number of ether oxygens (including phenoxy) is 1. The molecule has 0 heterocycles. The van der Waals surface area contributed by atoms with E-state index in [4.69, 9.17) is 4.74 Å². The van der Waals surface area contributed by atoms with E-state index in [0.717, 1.165) is 30.9 Å². The zero-order valence-corrected chi connectivity index (χ0v) is 10.8. The molecular formula is C14H20N2O. The highest BCUT2D eigenvalue weighted by Gasteiger charge is 2.17. The quantitative estimate of drug-likeness (QED) is 0.756. The lowest BCUT2D eigenvalue weighted by molar-refractivity contribution is 0.295. The van der Waals surface area contributed by atoms with Crippen molar-refractivity contribution >= 4 is 0 Å². The summed E-state index contributed by atoms with van der Waals surface area (Å²) in [7, 11) is 1.64. The van der Waals surface area contributed by atoms with Crippen LogP contribution >= 0.6 is 0 Å². The first-order valence-electron chi connectivity index (χ1n) is 6.01. The molecule has 1 aromatic rings. The Morgan fingerprint density at radius 2 is 1.94 bits per heavy atom. The van der Waals surface area contributed by atoms with Crippen molar-refractivity contribution < 1.29 is 4.74 Å². The number of likely N-dealkylation sites (N-methyl/N-ethyl adjacent to an activating group) is 1. The van der Waals surface area contributed by atoms with Crippen LogP contribution in [0.3, 0.4) is 0 Å². The lowest BCUT2D eigenvalue weighted by Crippen LogP contribution is -2.28. The molecule has 0 radical (unpaired) electrons. The number of methoxy groups -OCH3 is 1. The molecule has 0 fully saturated rings. The fourth-order valence-corrected chi connectivity index (χ4v) is 1.90. The van der Waals surface area contributed by atoms with E-state index in [0.29, 0.717) is 0 Å². The fraction of sp³-hybridized carbons (Fsp3) is 0.500. The molecule has 0 bridgehead atoms. The number of hydrogen-bond acceptors (Lipinski definition) is 3. The molecule has 17 heavy (non-hydrogen) atoms. The topological polar surface area (TPSA) is 36.3 Å². The molecule has 1 rings (SSSR count). The van der Waals surface area contributed by atoms with Gasteiger partial charge in [-0.3, -0.25) is 0 Å².